The Morgan fingerprint density at radius 3 is 1.92 bits per heavy atom. The monoisotopic (exact) mass is 167 g/mol. The Morgan fingerprint density at radius 2 is 1.58 bits per heavy atom. The molecule has 0 bridgehead atoms. The maximum Gasteiger partial charge on any atom is 0.00494 e. The van der Waals surface area contributed by atoms with E-state index < -0.39 is 0 Å². The van der Waals surface area contributed by atoms with Crippen LogP contribution < -0.4 is 5.73 Å². The predicted molar refractivity (Wildman–Crippen MR) is 51.8 cm³/mol. The molecular weight excluding hydrogens is 146 g/mol. The van der Waals surface area contributed by atoms with Crippen molar-refractivity contribution in [3.05, 3.63) is 0 Å². The molecule has 0 saturated heterocycles. The highest BCUT2D eigenvalue weighted by atomic mass is 14.7. The van der Waals surface area contributed by atoms with Crippen LogP contribution in [0.5, 0.6) is 0 Å². The zero-order chi connectivity index (χ0) is 8.98. The van der Waals surface area contributed by atoms with E-state index in [0.717, 1.165) is 11.3 Å². The van der Waals surface area contributed by atoms with Crippen LogP contribution in [0, 0.1) is 16.7 Å². The van der Waals surface area contributed by atoms with Crippen molar-refractivity contribution in [2.75, 3.05) is 0 Å². The molecule has 2 rings (SSSR count). The lowest BCUT2D eigenvalue weighted by atomic mass is 9.46. The van der Waals surface area contributed by atoms with Crippen molar-refractivity contribution >= 4 is 0 Å². The van der Waals surface area contributed by atoms with Gasteiger partial charge < -0.3 is 5.73 Å². The Balaban J connectivity index is 1.85. The van der Waals surface area contributed by atoms with E-state index in [-0.39, 0.29) is 0 Å². The van der Waals surface area contributed by atoms with Gasteiger partial charge in [-0.15, -0.1) is 0 Å². The lowest BCUT2D eigenvalue weighted by Crippen LogP contribution is -2.55. The van der Waals surface area contributed by atoms with Gasteiger partial charge in [-0.1, -0.05) is 20.8 Å². The topological polar surface area (TPSA) is 26.0 Å². The molecule has 0 amide bonds. The summed E-state index contributed by atoms with van der Waals surface area (Å²) in [5.74, 6) is 0.963. The molecule has 2 aliphatic rings. The van der Waals surface area contributed by atoms with Crippen LogP contribution in [-0.2, 0) is 0 Å². The summed E-state index contributed by atoms with van der Waals surface area (Å²) < 4.78 is 0. The first-order chi connectivity index (χ1) is 5.41. The zero-order valence-electron chi connectivity index (χ0n) is 8.56. The van der Waals surface area contributed by atoms with Crippen molar-refractivity contribution in [2.45, 2.75) is 52.5 Å². The second-order valence-corrected chi connectivity index (χ2v) is 6.14. The lowest BCUT2D eigenvalue weighted by Gasteiger charge is -2.60. The van der Waals surface area contributed by atoms with Gasteiger partial charge in [0, 0.05) is 6.04 Å². The Hall–Kier alpha value is -0.0400. The summed E-state index contributed by atoms with van der Waals surface area (Å²) in [6, 6.07) is 0.533. The molecule has 1 nitrogen and oxygen atoms in total. The third-order valence-electron chi connectivity index (χ3n) is 3.97. The Kier molecular flexibility index (Phi) is 1.61. The van der Waals surface area contributed by atoms with Crippen LogP contribution in [-0.4, -0.2) is 6.04 Å². The molecule has 0 unspecified atom stereocenters. The van der Waals surface area contributed by atoms with Crippen LogP contribution in [0.25, 0.3) is 0 Å². The van der Waals surface area contributed by atoms with Crippen LogP contribution in [0.15, 0.2) is 0 Å². The highest BCUT2D eigenvalue weighted by molar-refractivity contribution is 5.06. The van der Waals surface area contributed by atoms with E-state index in [1.165, 1.54) is 25.7 Å². The van der Waals surface area contributed by atoms with E-state index >= 15 is 0 Å². The fraction of sp³-hybridized carbons (Fsp3) is 1.00. The molecule has 0 heterocycles. The Labute approximate surface area is 75.7 Å². The highest BCUT2D eigenvalue weighted by Gasteiger charge is 2.54. The van der Waals surface area contributed by atoms with Crippen LogP contribution >= 0.6 is 0 Å². The van der Waals surface area contributed by atoms with Crippen molar-refractivity contribution in [1.82, 2.24) is 0 Å². The van der Waals surface area contributed by atoms with Crippen molar-refractivity contribution < 1.29 is 0 Å². The van der Waals surface area contributed by atoms with E-state index in [1.807, 2.05) is 0 Å². The molecule has 2 aliphatic carbocycles. The van der Waals surface area contributed by atoms with Crippen LogP contribution in [0.4, 0.5) is 0 Å². The van der Waals surface area contributed by atoms with Crippen LogP contribution in [0.3, 0.4) is 0 Å². The van der Waals surface area contributed by atoms with E-state index in [4.69, 9.17) is 5.73 Å². The molecule has 1 heteroatoms. The smallest absolute Gasteiger partial charge is 0.00494 e. The number of hydrogen-bond acceptors (Lipinski definition) is 1. The summed E-state index contributed by atoms with van der Waals surface area (Å²) in [6.45, 7) is 7.09. The van der Waals surface area contributed by atoms with E-state index in [9.17, 15) is 0 Å². The van der Waals surface area contributed by atoms with Gasteiger partial charge in [0.2, 0.25) is 0 Å². The molecule has 70 valence electrons. The van der Waals surface area contributed by atoms with Gasteiger partial charge in [0.15, 0.2) is 0 Å². The number of hydrogen-bond donors (Lipinski definition) is 1. The molecule has 0 aromatic carbocycles. The van der Waals surface area contributed by atoms with Gasteiger partial charge >= 0.3 is 0 Å². The van der Waals surface area contributed by atoms with E-state index in [2.05, 4.69) is 20.8 Å². The SMILES string of the molecule is CC(C)(C)C1CC2(CC(N)C2)C1. The van der Waals surface area contributed by atoms with Gasteiger partial charge in [0.25, 0.3) is 0 Å². The predicted octanol–water partition coefficient (Wildman–Crippen LogP) is 2.55. The van der Waals surface area contributed by atoms with Gasteiger partial charge in [0.1, 0.15) is 0 Å². The van der Waals surface area contributed by atoms with Crippen molar-refractivity contribution in [3.8, 4) is 0 Å². The fourth-order valence-corrected chi connectivity index (χ4v) is 2.98. The zero-order valence-corrected chi connectivity index (χ0v) is 8.56. The maximum atomic E-state index is 5.82. The van der Waals surface area contributed by atoms with Gasteiger partial charge in [-0.05, 0) is 42.4 Å². The molecule has 0 atom stereocenters. The molecular formula is C11H21N. The molecule has 0 aliphatic heterocycles. The number of rotatable bonds is 0. The molecule has 0 radical (unpaired) electrons. The second kappa shape index (κ2) is 2.25. The first-order valence-electron chi connectivity index (χ1n) is 5.17. The molecule has 2 saturated carbocycles. The minimum atomic E-state index is 0.533. The van der Waals surface area contributed by atoms with E-state index in [1.54, 1.807) is 0 Å². The van der Waals surface area contributed by atoms with Gasteiger partial charge in [-0.3, -0.25) is 0 Å². The standard InChI is InChI=1S/C11H21N/c1-10(2,3)8-4-11(5-8)6-9(12)7-11/h8-9H,4-7,12H2,1-3H3. The third-order valence-corrected chi connectivity index (χ3v) is 3.97. The average molecular weight is 167 g/mol. The summed E-state index contributed by atoms with van der Waals surface area (Å²) >= 11 is 0. The second-order valence-electron chi connectivity index (χ2n) is 6.14. The summed E-state index contributed by atoms with van der Waals surface area (Å²) in [6.07, 6.45) is 5.51. The summed E-state index contributed by atoms with van der Waals surface area (Å²) in [5.41, 5.74) is 7.07. The van der Waals surface area contributed by atoms with Gasteiger partial charge in [-0.2, -0.15) is 0 Å². The maximum absolute atomic E-state index is 5.82. The van der Waals surface area contributed by atoms with Crippen LogP contribution in [0.1, 0.15) is 46.5 Å². The first kappa shape index (κ1) is 8.55. The normalized spacial score (nSPS) is 47.0. The summed E-state index contributed by atoms with van der Waals surface area (Å²) in [5, 5.41) is 0. The molecule has 12 heavy (non-hydrogen) atoms. The quantitative estimate of drug-likeness (QED) is 0.589. The molecule has 0 aromatic heterocycles. The van der Waals surface area contributed by atoms with Crippen molar-refractivity contribution in [1.29, 1.82) is 0 Å². The first-order valence-corrected chi connectivity index (χ1v) is 5.17. The molecule has 2 fully saturated rings. The van der Waals surface area contributed by atoms with Gasteiger partial charge in [-0.25, -0.2) is 0 Å². The Morgan fingerprint density at radius 1 is 1.08 bits per heavy atom. The largest absolute Gasteiger partial charge is 0.328 e. The number of nitrogens with two attached hydrogens (primary N) is 1. The lowest BCUT2D eigenvalue weighted by molar-refractivity contribution is -0.0805. The molecule has 2 N–H and O–H groups in total. The third kappa shape index (κ3) is 1.19. The molecule has 0 aromatic rings. The van der Waals surface area contributed by atoms with Gasteiger partial charge in [0.05, 0.1) is 0 Å². The van der Waals surface area contributed by atoms with Crippen LogP contribution in [0.2, 0.25) is 0 Å². The fourth-order valence-electron chi connectivity index (χ4n) is 2.98. The minimum Gasteiger partial charge on any atom is -0.328 e. The molecule has 1 spiro atoms. The Bertz CT molecular complexity index is 176. The highest BCUT2D eigenvalue weighted by Crippen LogP contribution is 2.62. The summed E-state index contributed by atoms with van der Waals surface area (Å²) in [7, 11) is 0. The minimum absolute atomic E-state index is 0.533. The van der Waals surface area contributed by atoms with Crippen molar-refractivity contribution in [3.63, 3.8) is 0 Å². The summed E-state index contributed by atoms with van der Waals surface area (Å²) in [4.78, 5) is 0. The van der Waals surface area contributed by atoms with Crippen molar-refractivity contribution in [2.24, 2.45) is 22.5 Å². The average Bonchev–Trinajstić information content (AvgIpc) is 1.71. The van der Waals surface area contributed by atoms with E-state index in [0.29, 0.717) is 11.5 Å².